The number of ether oxygens (including phenoxy) is 3. The third-order valence-electron chi connectivity index (χ3n) is 17.5. The van der Waals surface area contributed by atoms with Crippen molar-refractivity contribution in [3.05, 3.63) is 36.5 Å². The molecule has 1 saturated heterocycles. The summed E-state index contributed by atoms with van der Waals surface area (Å²) in [7, 11) is 0. The molecule has 0 radical (unpaired) electrons. The Morgan fingerprint density at radius 3 is 1.19 bits per heavy atom. The number of amides is 1. The number of aliphatic hydroxyl groups is 5. The Bertz CT molecular complexity index is 1510. The van der Waals surface area contributed by atoms with Crippen molar-refractivity contribution in [2.45, 2.75) is 403 Å². The second-order valence-corrected chi connectivity index (χ2v) is 25.7. The monoisotopic (exact) mass is 1200 g/mol. The number of nitrogens with one attached hydrogen (secondary N) is 1. The molecule has 1 fully saturated rings. The van der Waals surface area contributed by atoms with Crippen molar-refractivity contribution < 1.29 is 49.3 Å². The van der Waals surface area contributed by atoms with Crippen molar-refractivity contribution in [3.8, 4) is 0 Å². The van der Waals surface area contributed by atoms with Crippen LogP contribution in [-0.2, 0) is 23.8 Å². The summed E-state index contributed by atoms with van der Waals surface area (Å²) in [5.41, 5.74) is 0. The molecule has 1 amide bonds. The maximum atomic E-state index is 13.1. The van der Waals surface area contributed by atoms with Crippen LogP contribution >= 0.6 is 0 Å². The summed E-state index contributed by atoms with van der Waals surface area (Å²) in [6, 6.07) is -0.808. The molecule has 85 heavy (non-hydrogen) atoms. The molecule has 0 aliphatic carbocycles. The summed E-state index contributed by atoms with van der Waals surface area (Å²) in [4.78, 5) is 25.1. The second-order valence-electron chi connectivity index (χ2n) is 25.7. The smallest absolute Gasteiger partial charge is 0.305 e. The summed E-state index contributed by atoms with van der Waals surface area (Å²) in [5, 5.41) is 54.5. The van der Waals surface area contributed by atoms with E-state index in [1.165, 1.54) is 270 Å². The maximum Gasteiger partial charge on any atom is 0.305 e. The molecule has 0 aromatic heterocycles. The van der Waals surface area contributed by atoms with Crippen LogP contribution in [-0.4, -0.2) is 100 Å². The van der Waals surface area contributed by atoms with Gasteiger partial charge in [-0.15, -0.1) is 0 Å². The number of rotatable bonds is 65. The zero-order valence-electron chi connectivity index (χ0n) is 55.6. The molecule has 0 saturated carbocycles. The van der Waals surface area contributed by atoms with Gasteiger partial charge < -0.3 is 45.1 Å². The number of aliphatic hydroxyl groups excluding tert-OH is 5. The Balaban J connectivity index is 1.96. The fraction of sp³-hybridized carbons (Fsp3) is 0.892. The number of unbranched alkanes of at least 4 members (excludes halogenated alkanes) is 47. The second kappa shape index (κ2) is 63.4. The molecule has 11 nitrogen and oxygen atoms in total. The number of esters is 1. The Morgan fingerprint density at radius 2 is 0.788 bits per heavy atom. The average molecular weight is 1200 g/mol. The highest BCUT2D eigenvalue weighted by molar-refractivity contribution is 5.76. The van der Waals surface area contributed by atoms with E-state index in [0.717, 1.165) is 64.2 Å². The fourth-order valence-electron chi connectivity index (χ4n) is 11.7. The van der Waals surface area contributed by atoms with Gasteiger partial charge in [0.05, 0.1) is 32.0 Å². The lowest BCUT2D eigenvalue weighted by atomic mass is 9.99. The van der Waals surface area contributed by atoms with E-state index in [9.17, 15) is 35.1 Å². The van der Waals surface area contributed by atoms with Crippen molar-refractivity contribution in [1.29, 1.82) is 0 Å². The molecule has 0 bridgehead atoms. The van der Waals surface area contributed by atoms with Crippen molar-refractivity contribution >= 4 is 11.9 Å². The van der Waals surface area contributed by atoms with Crippen LogP contribution in [0, 0.1) is 0 Å². The van der Waals surface area contributed by atoms with E-state index in [2.05, 4.69) is 43.5 Å². The lowest BCUT2D eigenvalue weighted by Gasteiger charge is -2.40. The first-order chi connectivity index (χ1) is 41.7. The Labute approximate surface area is 523 Å². The van der Waals surface area contributed by atoms with E-state index in [0.29, 0.717) is 19.4 Å². The number of hydrogen-bond acceptors (Lipinski definition) is 10. The van der Waals surface area contributed by atoms with Crippen molar-refractivity contribution in [1.82, 2.24) is 5.32 Å². The Hall–Kier alpha value is -2.12. The summed E-state index contributed by atoms with van der Waals surface area (Å²) < 4.78 is 16.7. The fourth-order valence-corrected chi connectivity index (χ4v) is 11.7. The van der Waals surface area contributed by atoms with Crippen LogP contribution < -0.4 is 5.32 Å². The quantitative estimate of drug-likeness (QED) is 0.0195. The normalized spacial score (nSPS) is 18.1. The van der Waals surface area contributed by atoms with Crippen molar-refractivity contribution in [3.63, 3.8) is 0 Å². The number of carbonyl (C=O) groups excluding carboxylic acids is 2. The molecule has 7 atom stereocenters. The van der Waals surface area contributed by atoms with Gasteiger partial charge in [0, 0.05) is 12.8 Å². The van der Waals surface area contributed by atoms with Gasteiger partial charge in [-0.25, -0.2) is 0 Å². The zero-order chi connectivity index (χ0) is 61.6. The number of hydrogen-bond donors (Lipinski definition) is 6. The van der Waals surface area contributed by atoms with Gasteiger partial charge in [-0.1, -0.05) is 320 Å². The SMILES string of the molecule is CCCCCCCCCCCCC/C=C/C(O)C(COC1OC(CO)C(O)C(O)C1O)NC(=O)CCCCCCCCCCCCCCCCCCC/C=C\C/C=C\CCCCCCCCCCCOC(=O)CCCCCCCCCCCCC. The van der Waals surface area contributed by atoms with Gasteiger partial charge in [0.15, 0.2) is 6.29 Å². The topological polar surface area (TPSA) is 175 Å². The van der Waals surface area contributed by atoms with Crippen LogP contribution in [0.1, 0.15) is 361 Å². The number of allylic oxidation sites excluding steroid dienone is 5. The van der Waals surface area contributed by atoms with E-state index < -0.39 is 49.5 Å². The van der Waals surface area contributed by atoms with Crippen LogP contribution in [0.25, 0.3) is 0 Å². The molecule has 1 rings (SSSR count). The zero-order valence-corrected chi connectivity index (χ0v) is 55.6. The molecular formula is C74H139NO10. The molecular weight excluding hydrogens is 1060 g/mol. The van der Waals surface area contributed by atoms with Crippen LogP contribution in [0.4, 0.5) is 0 Å². The predicted octanol–water partition coefficient (Wildman–Crippen LogP) is 19.0. The summed E-state index contributed by atoms with van der Waals surface area (Å²) in [6.07, 6.45) is 71.4. The molecule has 7 unspecified atom stereocenters. The lowest BCUT2D eigenvalue weighted by molar-refractivity contribution is -0.302. The molecule has 1 heterocycles. The molecule has 1 aliphatic rings. The highest BCUT2D eigenvalue weighted by Gasteiger charge is 2.44. The highest BCUT2D eigenvalue weighted by atomic mass is 16.7. The van der Waals surface area contributed by atoms with Crippen LogP contribution in [0.2, 0.25) is 0 Å². The maximum absolute atomic E-state index is 13.1. The summed E-state index contributed by atoms with van der Waals surface area (Å²) in [5.74, 6) is -0.171. The highest BCUT2D eigenvalue weighted by Crippen LogP contribution is 2.23. The average Bonchev–Trinajstić information content (AvgIpc) is 3.41. The van der Waals surface area contributed by atoms with Gasteiger partial charge in [0.25, 0.3) is 0 Å². The van der Waals surface area contributed by atoms with E-state index in [1.807, 2.05) is 6.08 Å². The third kappa shape index (κ3) is 52.4. The molecule has 0 aromatic carbocycles. The van der Waals surface area contributed by atoms with Gasteiger partial charge >= 0.3 is 5.97 Å². The van der Waals surface area contributed by atoms with Gasteiger partial charge in [-0.3, -0.25) is 9.59 Å². The van der Waals surface area contributed by atoms with Gasteiger partial charge in [0.2, 0.25) is 5.91 Å². The van der Waals surface area contributed by atoms with E-state index in [1.54, 1.807) is 6.08 Å². The first-order valence-electron chi connectivity index (χ1n) is 36.8. The van der Waals surface area contributed by atoms with Crippen LogP contribution in [0.3, 0.4) is 0 Å². The Kier molecular flexibility index (Phi) is 60.4. The largest absolute Gasteiger partial charge is 0.466 e. The van der Waals surface area contributed by atoms with E-state index >= 15 is 0 Å². The van der Waals surface area contributed by atoms with Crippen LogP contribution in [0.5, 0.6) is 0 Å². The van der Waals surface area contributed by atoms with Crippen molar-refractivity contribution in [2.24, 2.45) is 0 Å². The standard InChI is InChI=1S/C74H139NO10/c1-3-5-7-9-11-13-15-37-41-44-48-52-56-60-67(77)66(65-84-74-73(82)72(81)71(80)68(64-76)85-74)75-69(78)61-57-53-49-45-42-38-35-33-31-29-27-25-23-21-19-17-16-18-20-22-24-26-28-30-32-34-36-39-43-47-51-55-59-63-83-70(79)62-58-54-50-46-40-14-12-10-8-6-4-2/h20,22,26,28,56,60,66-68,71-74,76-77,80-82H,3-19,21,23-25,27,29-55,57-59,61-65H2,1-2H3,(H,75,78)/b22-20-,28-26-,60-56+. The first-order valence-corrected chi connectivity index (χ1v) is 36.8. The van der Waals surface area contributed by atoms with Gasteiger partial charge in [0.1, 0.15) is 24.4 Å². The van der Waals surface area contributed by atoms with Crippen LogP contribution in [0.15, 0.2) is 36.5 Å². The lowest BCUT2D eigenvalue weighted by Crippen LogP contribution is -2.60. The van der Waals surface area contributed by atoms with Gasteiger partial charge in [-0.2, -0.15) is 0 Å². The third-order valence-corrected chi connectivity index (χ3v) is 17.5. The van der Waals surface area contributed by atoms with Gasteiger partial charge in [-0.05, 0) is 64.2 Å². The molecule has 11 heteroatoms. The minimum atomic E-state index is -1.57. The van der Waals surface area contributed by atoms with E-state index in [-0.39, 0.29) is 18.5 Å². The minimum absolute atomic E-state index is 0.00695. The first kappa shape index (κ1) is 80.9. The van der Waals surface area contributed by atoms with Crippen molar-refractivity contribution in [2.75, 3.05) is 19.8 Å². The molecule has 0 spiro atoms. The number of carbonyl (C=O) groups is 2. The molecule has 500 valence electrons. The summed E-state index contributed by atoms with van der Waals surface area (Å²) >= 11 is 0. The molecule has 6 N–H and O–H groups in total. The molecule has 1 aliphatic heterocycles. The summed E-state index contributed by atoms with van der Waals surface area (Å²) in [6.45, 7) is 4.37. The Morgan fingerprint density at radius 1 is 0.435 bits per heavy atom. The minimum Gasteiger partial charge on any atom is -0.466 e. The van der Waals surface area contributed by atoms with E-state index in [4.69, 9.17) is 14.2 Å². The predicted molar refractivity (Wildman–Crippen MR) is 357 cm³/mol. The molecule has 0 aromatic rings.